The SMILES string of the molecule is C=CCOc1ccc(C2c3c(oc4ccc(C)cc4c3=O)C(=O)N2C2CCS(=O)(=O)C2)cc1. The number of aryl methyl sites for hydroxylation is 1. The van der Waals surface area contributed by atoms with E-state index in [4.69, 9.17) is 9.15 Å². The van der Waals surface area contributed by atoms with Gasteiger partial charge in [0.1, 0.15) is 17.9 Å². The van der Waals surface area contributed by atoms with Gasteiger partial charge in [0.25, 0.3) is 5.91 Å². The van der Waals surface area contributed by atoms with Gasteiger partial charge in [0.05, 0.1) is 28.5 Å². The Bertz CT molecular complexity index is 1440. The van der Waals surface area contributed by atoms with Crippen molar-refractivity contribution in [3.8, 4) is 5.75 Å². The molecule has 8 heteroatoms. The van der Waals surface area contributed by atoms with Crippen molar-refractivity contribution in [3.63, 3.8) is 0 Å². The molecule has 3 heterocycles. The summed E-state index contributed by atoms with van der Waals surface area (Å²) in [6.07, 6.45) is 1.96. The Morgan fingerprint density at radius 3 is 2.61 bits per heavy atom. The Labute approximate surface area is 191 Å². The summed E-state index contributed by atoms with van der Waals surface area (Å²) in [5.74, 6) is 0.0403. The fourth-order valence-corrected chi connectivity index (χ4v) is 6.42. The summed E-state index contributed by atoms with van der Waals surface area (Å²) in [4.78, 5) is 28.6. The van der Waals surface area contributed by atoms with E-state index < -0.39 is 27.8 Å². The lowest BCUT2D eigenvalue weighted by molar-refractivity contribution is 0.0662. The van der Waals surface area contributed by atoms with E-state index in [-0.39, 0.29) is 28.3 Å². The van der Waals surface area contributed by atoms with Crippen molar-refractivity contribution in [1.82, 2.24) is 4.90 Å². The molecule has 0 bridgehead atoms. The molecule has 2 aliphatic heterocycles. The second kappa shape index (κ2) is 7.88. The van der Waals surface area contributed by atoms with Crippen LogP contribution in [0, 0.1) is 6.92 Å². The van der Waals surface area contributed by atoms with E-state index in [0.29, 0.717) is 35.3 Å². The van der Waals surface area contributed by atoms with E-state index in [1.54, 1.807) is 42.5 Å². The predicted octanol–water partition coefficient (Wildman–Crippen LogP) is 3.40. The highest BCUT2D eigenvalue weighted by Gasteiger charge is 2.48. The minimum Gasteiger partial charge on any atom is -0.490 e. The van der Waals surface area contributed by atoms with Crippen LogP contribution in [0.2, 0.25) is 0 Å². The molecule has 5 rings (SSSR count). The number of nitrogens with zero attached hydrogens (tertiary/aromatic N) is 1. The third-order valence-corrected chi connectivity index (χ3v) is 7.98. The van der Waals surface area contributed by atoms with Gasteiger partial charge in [-0.2, -0.15) is 0 Å². The first-order valence-electron chi connectivity index (χ1n) is 10.7. The molecule has 0 spiro atoms. The van der Waals surface area contributed by atoms with Crippen LogP contribution < -0.4 is 10.2 Å². The molecular formula is C25H23NO6S. The van der Waals surface area contributed by atoms with Crippen molar-refractivity contribution in [1.29, 1.82) is 0 Å². The van der Waals surface area contributed by atoms with E-state index in [1.165, 1.54) is 4.90 Å². The molecule has 1 aromatic heterocycles. The molecule has 2 unspecified atom stereocenters. The Balaban J connectivity index is 1.69. The molecule has 1 amide bonds. The number of amides is 1. The summed E-state index contributed by atoms with van der Waals surface area (Å²) in [6.45, 7) is 5.87. The van der Waals surface area contributed by atoms with Gasteiger partial charge < -0.3 is 14.1 Å². The molecule has 2 aromatic carbocycles. The number of fused-ring (bicyclic) bond motifs is 2. The van der Waals surface area contributed by atoms with Crippen LogP contribution >= 0.6 is 0 Å². The van der Waals surface area contributed by atoms with E-state index in [0.717, 1.165) is 5.56 Å². The molecule has 0 radical (unpaired) electrons. The standard InChI is InChI=1S/C25H23NO6S/c1-3-11-31-18-7-5-16(6-8-18)22-21-23(27)19-13-15(2)4-9-20(19)32-24(21)25(28)26(22)17-10-12-33(29,30)14-17/h3-9,13,17,22H,1,10-12,14H2,2H3. The summed E-state index contributed by atoms with van der Waals surface area (Å²) in [5.41, 5.74) is 1.91. The number of benzene rings is 2. The number of hydrogen-bond donors (Lipinski definition) is 0. The van der Waals surface area contributed by atoms with Crippen molar-refractivity contribution < 1.29 is 22.4 Å². The van der Waals surface area contributed by atoms with Gasteiger partial charge in [-0.3, -0.25) is 9.59 Å². The zero-order valence-electron chi connectivity index (χ0n) is 18.1. The monoisotopic (exact) mass is 465 g/mol. The number of carbonyl (C=O) groups excluding carboxylic acids is 1. The van der Waals surface area contributed by atoms with Crippen LogP contribution in [0.1, 0.15) is 39.7 Å². The van der Waals surface area contributed by atoms with Gasteiger partial charge >= 0.3 is 0 Å². The fraction of sp³-hybridized carbons (Fsp3) is 0.280. The smallest absolute Gasteiger partial charge is 0.291 e. The summed E-state index contributed by atoms with van der Waals surface area (Å²) in [7, 11) is -3.25. The molecule has 33 heavy (non-hydrogen) atoms. The minimum atomic E-state index is -3.25. The molecule has 7 nitrogen and oxygen atoms in total. The van der Waals surface area contributed by atoms with Gasteiger partial charge in [0, 0.05) is 6.04 Å². The Morgan fingerprint density at radius 2 is 1.94 bits per heavy atom. The maximum absolute atomic E-state index is 13.6. The lowest BCUT2D eigenvalue weighted by Gasteiger charge is -2.30. The lowest BCUT2D eigenvalue weighted by atomic mass is 9.97. The van der Waals surface area contributed by atoms with Gasteiger partial charge in [-0.15, -0.1) is 0 Å². The lowest BCUT2D eigenvalue weighted by Crippen LogP contribution is -2.40. The summed E-state index contributed by atoms with van der Waals surface area (Å²) in [6, 6.07) is 11.1. The number of hydrogen-bond acceptors (Lipinski definition) is 6. The summed E-state index contributed by atoms with van der Waals surface area (Å²) in [5, 5.41) is 0.401. The first-order chi connectivity index (χ1) is 15.8. The number of ether oxygens (including phenoxy) is 1. The molecule has 0 saturated carbocycles. The Hall–Kier alpha value is -3.39. The molecular weight excluding hydrogens is 442 g/mol. The van der Waals surface area contributed by atoms with Crippen LogP contribution in [0.5, 0.6) is 5.75 Å². The van der Waals surface area contributed by atoms with Gasteiger partial charge in [-0.1, -0.05) is 36.4 Å². The first-order valence-corrected chi connectivity index (χ1v) is 12.6. The van der Waals surface area contributed by atoms with Gasteiger partial charge in [0.15, 0.2) is 15.3 Å². The molecule has 1 saturated heterocycles. The number of sulfone groups is 1. The quantitative estimate of drug-likeness (QED) is 0.536. The average Bonchev–Trinajstić information content (AvgIpc) is 3.29. The van der Waals surface area contributed by atoms with Gasteiger partial charge in [-0.25, -0.2) is 8.42 Å². The van der Waals surface area contributed by atoms with Crippen LogP contribution in [-0.2, 0) is 9.84 Å². The largest absolute Gasteiger partial charge is 0.490 e. The van der Waals surface area contributed by atoms with Crippen LogP contribution in [0.3, 0.4) is 0 Å². The molecule has 1 fully saturated rings. The summed E-state index contributed by atoms with van der Waals surface area (Å²) < 4.78 is 35.9. The summed E-state index contributed by atoms with van der Waals surface area (Å²) >= 11 is 0. The van der Waals surface area contributed by atoms with Crippen molar-refractivity contribution in [3.05, 3.63) is 87.8 Å². The van der Waals surface area contributed by atoms with Crippen LogP contribution in [-0.4, -0.2) is 43.4 Å². The van der Waals surface area contributed by atoms with Crippen molar-refractivity contribution in [2.45, 2.75) is 25.4 Å². The highest BCUT2D eigenvalue weighted by atomic mass is 32.2. The Morgan fingerprint density at radius 1 is 1.18 bits per heavy atom. The van der Waals surface area contributed by atoms with Gasteiger partial charge in [-0.05, 0) is 43.2 Å². The first kappa shape index (κ1) is 21.5. The topological polar surface area (TPSA) is 93.9 Å². The van der Waals surface area contributed by atoms with Crippen molar-refractivity contribution in [2.24, 2.45) is 0 Å². The molecule has 170 valence electrons. The minimum absolute atomic E-state index is 0.0153. The zero-order valence-corrected chi connectivity index (χ0v) is 18.9. The molecule has 3 aromatic rings. The van der Waals surface area contributed by atoms with E-state index in [1.807, 2.05) is 13.0 Å². The van der Waals surface area contributed by atoms with Crippen LogP contribution in [0.25, 0.3) is 11.0 Å². The molecule has 2 aliphatic rings. The van der Waals surface area contributed by atoms with E-state index >= 15 is 0 Å². The predicted molar refractivity (Wildman–Crippen MR) is 124 cm³/mol. The van der Waals surface area contributed by atoms with Crippen LogP contribution in [0.4, 0.5) is 0 Å². The van der Waals surface area contributed by atoms with E-state index in [9.17, 15) is 18.0 Å². The highest BCUT2D eigenvalue weighted by molar-refractivity contribution is 7.91. The average molecular weight is 466 g/mol. The zero-order chi connectivity index (χ0) is 23.3. The Kier molecular flexibility index (Phi) is 5.12. The van der Waals surface area contributed by atoms with Crippen molar-refractivity contribution in [2.75, 3.05) is 18.1 Å². The second-order valence-electron chi connectivity index (χ2n) is 8.51. The molecule has 2 atom stereocenters. The third kappa shape index (κ3) is 3.64. The van der Waals surface area contributed by atoms with Gasteiger partial charge in [0.2, 0.25) is 5.76 Å². The maximum atomic E-state index is 13.6. The maximum Gasteiger partial charge on any atom is 0.291 e. The third-order valence-electron chi connectivity index (χ3n) is 6.23. The highest BCUT2D eigenvalue weighted by Crippen LogP contribution is 2.41. The normalized spacial score (nSPS) is 21.4. The second-order valence-corrected chi connectivity index (χ2v) is 10.7. The fourth-order valence-electron chi connectivity index (χ4n) is 4.70. The van der Waals surface area contributed by atoms with Crippen LogP contribution in [0.15, 0.2) is 64.3 Å². The number of carbonyl (C=O) groups is 1. The van der Waals surface area contributed by atoms with E-state index in [2.05, 4.69) is 6.58 Å². The molecule has 0 N–H and O–H groups in total. The molecule has 0 aliphatic carbocycles. The van der Waals surface area contributed by atoms with Crippen molar-refractivity contribution >= 4 is 26.7 Å². The number of rotatable bonds is 5.